The molecular formula is C14H22N2. The molecule has 0 aromatic heterocycles. The Morgan fingerprint density at radius 1 is 1.31 bits per heavy atom. The number of likely N-dealkylation sites (tertiary alicyclic amines) is 1. The van der Waals surface area contributed by atoms with Gasteiger partial charge in [-0.05, 0) is 36.9 Å². The summed E-state index contributed by atoms with van der Waals surface area (Å²) in [5.41, 5.74) is 7.60. The number of hydrogen-bond acceptors (Lipinski definition) is 2. The summed E-state index contributed by atoms with van der Waals surface area (Å²) in [4.78, 5) is 2.54. The minimum absolute atomic E-state index is 0.358. The third-order valence-electron chi connectivity index (χ3n) is 3.69. The van der Waals surface area contributed by atoms with Gasteiger partial charge in [-0.15, -0.1) is 0 Å². The van der Waals surface area contributed by atoms with E-state index in [9.17, 15) is 0 Å². The molecule has 88 valence electrons. The fourth-order valence-corrected chi connectivity index (χ4v) is 2.42. The molecule has 1 aromatic carbocycles. The van der Waals surface area contributed by atoms with Crippen LogP contribution in [0, 0.1) is 5.41 Å². The van der Waals surface area contributed by atoms with Crippen molar-refractivity contribution in [1.82, 2.24) is 4.90 Å². The van der Waals surface area contributed by atoms with Crippen molar-refractivity contribution in [3.63, 3.8) is 0 Å². The Morgan fingerprint density at radius 2 is 2.06 bits per heavy atom. The van der Waals surface area contributed by atoms with E-state index < -0.39 is 0 Å². The van der Waals surface area contributed by atoms with Crippen LogP contribution in [0.15, 0.2) is 30.3 Å². The van der Waals surface area contributed by atoms with Crippen LogP contribution >= 0.6 is 0 Å². The summed E-state index contributed by atoms with van der Waals surface area (Å²) in [6.45, 7) is 6.65. The molecule has 0 aliphatic carbocycles. The summed E-state index contributed by atoms with van der Waals surface area (Å²) in [7, 11) is 0. The van der Waals surface area contributed by atoms with Crippen molar-refractivity contribution in [2.45, 2.75) is 19.8 Å². The Labute approximate surface area is 98.4 Å². The molecule has 1 heterocycles. The zero-order chi connectivity index (χ0) is 11.4. The molecular weight excluding hydrogens is 196 g/mol. The maximum atomic E-state index is 5.81. The van der Waals surface area contributed by atoms with Crippen molar-refractivity contribution in [2.24, 2.45) is 11.1 Å². The van der Waals surface area contributed by atoms with Crippen LogP contribution < -0.4 is 5.73 Å². The summed E-state index contributed by atoms with van der Waals surface area (Å²) in [5, 5.41) is 0. The van der Waals surface area contributed by atoms with Gasteiger partial charge in [0.25, 0.3) is 0 Å². The van der Waals surface area contributed by atoms with Gasteiger partial charge < -0.3 is 10.6 Å². The predicted octanol–water partition coefficient (Wildman–Crippen LogP) is 1.90. The van der Waals surface area contributed by atoms with Crippen molar-refractivity contribution >= 4 is 0 Å². The van der Waals surface area contributed by atoms with E-state index in [1.54, 1.807) is 0 Å². The highest BCUT2D eigenvalue weighted by Crippen LogP contribution is 2.28. The van der Waals surface area contributed by atoms with Crippen LogP contribution in [0.25, 0.3) is 0 Å². The minimum Gasteiger partial charge on any atom is -0.330 e. The third-order valence-corrected chi connectivity index (χ3v) is 3.69. The molecule has 0 saturated carbocycles. The smallest absolute Gasteiger partial charge is 0.00480 e. The van der Waals surface area contributed by atoms with E-state index in [-0.39, 0.29) is 0 Å². The van der Waals surface area contributed by atoms with Crippen LogP contribution in [0.1, 0.15) is 18.9 Å². The Morgan fingerprint density at radius 3 is 2.69 bits per heavy atom. The first-order chi connectivity index (χ1) is 7.72. The van der Waals surface area contributed by atoms with Gasteiger partial charge in [0.1, 0.15) is 0 Å². The van der Waals surface area contributed by atoms with Crippen LogP contribution in [0.5, 0.6) is 0 Å². The van der Waals surface area contributed by atoms with Crippen molar-refractivity contribution in [2.75, 3.05) is 26.2 Å². The average molecular weight is 218 g/mol. The molecule has 0 bridgehead atoms. The standard InChI is InChI=1S/C14H22N2/c1-14(11-15)8-10-16(12-14)9-7-13-5-3-2-4-6-13/h2-6H,7-12,15H2,1H3. The number of rotatable bonds is 4. The lowest BCUT2D eigenvalue weighted by atomic mass is 9.90. The summed E-state index contributed by atoms with van der Waals surface area (Å²) in [6, 6.07) is 10.7. The molecule has 2 nitrogen and oxygen atoms in total. The second-order valence-electron chi connectivity index (χ2n) is 5.28. The Kier molecular flexibility index (Phi) is 3.62. The van der Waals surface area contributed by atoms with Gasteiger partial charge in [0.15, 0.2) is 0 Å². The van der Waals surface area contributed by atoms with E-state index in [4.69, 9.17) is 5.73 Å². The van der Waals surface area contributed by atoms with Gasteiger partial charge in [0.2, 0.25) is 0 Å². The number of hydrogen-bond donors (Lipinski definition) is 1. The zero-order valence-electron chi connectivity index (χ0n) is 10.2. The van der Waals surface area contributed by atoms with Gasteiger partial charge in [0, 0.05) is 13.1 Å². The van der Waals surface area contributed by atoms with E-state index in [2.05, 4.69) is 42.2 Å². The zero-order valence-corrected chi connectivity index (χ0v) is 10.2. The molecule has 0 amide bonds. The van der Waals surface area contributed by atoms with Crippen molar-refractivity contribution in [1.29, 1.82) is 0 Å². The van der Waals surface area contributed by atoms with Crippen LogP contribution in [0.2, 0.25) is 0 Å². The maximum absolute atomic E-state index is 5.81. The maximum Gasteiger partial charge on any atom is 0.00480 e. The summed E-state index contributed by atoms with van der Waals surface area (Å²) in [6.07, 6.45) is 2.40. The Bertz CT molecular complexity index is 323. The fourth-order valence-electron chi connectivity index (χ4n) is 2.42. The number of nitrogens with two attached hydrogens (primary N) is 1. The molecule has 1 aromatic rings. The average Bonchev–Trinajstić information content (AvgIpc) is 2.71. The Balaban J connectivity index is 1.80. The molecule has 2 rings (SSSR count). The molecule has 16 heavy (non-hydrogen) atoms. The second kappa shape index (κ2) is 4.98. The highest BCUT2D eigenvalue weighted by Gasteiger charge is 2.31. The lowest BCUT2D eigenvalue weighted by Gasteiger charge is -2.22. The van der Waals surface area contributed by atoms with Crippen LogP contribution in [-0.4, -0.2) is 31.1 Å². The van der Waals surface area contributed by atoms with Crippen molar-refractivity contribution in [3.05, 3.63) is 35.9 Å². The SMILES string of the molecule is CC1(CN)CCN(CCc2ccccc2)C1. The van der Waals surface area contributed by atoms with Crippen LogP contribution in [0.4, 0.5) is 0 Å². The van der Waals surface area contributed by atoms with E-state index in [1.807, 2.05) is 0 Å². The molecule has 2 N–H and O–H groups in total. The van der Waals surface area contributed by atoms with Gasteiger partial charge in [-0.1, -0.05) is 37.3 Å². The second-order valence-corrected chi connectivity index (χ2v) is 5.28. The molecule has 1 unspecified atom stereocenters. The molecule has 1 fully saturated rings. The third kappa shape index (κ3) is 2.83. The minimum atomic E-state index is 0.358. The molecule has 0 radical (unpaired) electrons. The first-order valence-electron chi connectivity index (χ1n) is 6.18. The quantitative estimate of drug-likeness (QED) is 0.836. The first kappa shape index (κ1) is 11.6. The van der Waals surface area contributed by atoms with Crippen LogP contribution in [-0.2, 0) is 6.42 Å². The topological polar surface area (TPSA) is 29.3 Å². The van der Waals surface area contributed by atoms with Crippen LogP contribution in [0.3, 0.4) is 0 Å². The monoisotopic (exact) mass is 218 g/mol. The van der Waals surface area contributed by atoms with Crippen molar-refractivity contribution < 1.29 is 0 Å². The van der Waals surface area contributed by atoms with Crippen molar-refractivity contribution in [3.8, 4) is 0 Å². The van der Waals surface area contributed by atoms with Gasteiger partial charge in [-0.25, -0.2) is 0 Å². The molecule has 1 saturated heterocycles. The van der Waals surface area contributed by atoms with Gasteiger partial charge in [-0.2, -0.15) is 0 Å². The van der Waals surface area contributed by atoms with Gasteiger partial charge in [-0.3, -0.25) is 0 Å². The highest BCUT2D eigenvalue weighted by molar-refractivity contribution is 5.14. The summed E-state index contributed by atoms with van der Waals surface area (Å²) < 4.78 is 0. The lowest BCUT2D eigenvalue weighted by molar-refractivity contribution is 0.283. The van der Waals surface area contributed by atoms with E-state index >= 15 is 0 Å². The fraction of sp³-hybridized carbons (Fsp3) is 0.571. The summed E-state index contributed by atoms with van der Waals surface area (Å²) >= 11 is 0. The van der Waals surface area contributed by atoms with E-state index in [1.165, 1.54) is 25.1 Å². The normalized spacial score (nSPS) is 26.1. The molecule has 0 spiro atoms. The molecule has 2 heteroatoms. The van der Waals surface area contributed by atoms with E-state index in [0.29, 0.717) is 5.41 Å². The molecule has 1 atom stereocenters. The largest absolute Gasteiger partial charge is 0.330 e. The Hall–Kier alpha value is -0.860. The highest BCUT2D eigenvalue weighted by atomic mass is 15.2. The predicted molar refractivity (Wildman–Crippen MR) is 68.4 cm³/mol. The molecule has 1 aliphatic heterocycles. The lowest BCUT2D eigenvalue weighted by Crippen LogP contribution is -2.32. The van der Waals surface area contributed by atoms with Gasteiger partial charge in [0.05, 0.1) is 0 Å². The number of benzene rings is 1. The number of nitrogens with zero attached hydrogens (tertiary/aromatic N) is 1. The molecule has 1 aliphatic rings. The van der Waals surface area contributed by atoms with Gasteiger partial charge >= 0.3 is 0 Å². The summed E-state index contributed by atoms with van der Waals surface area (Å²) in [5.74, 6) is 0. The van der Waals surface area contributed by atoms with E-state index in [0.717, 1.165) is 19.5 Å². The first-order valence-corrected chi connectivity index (χ1v) is 6.18.